The third-order valence-electron chi connectivity index (χ3n) is 5.30. The first-order valence-electron chi connectivity index (χ1n) is 9.51. The van der Waals surface area contributed by atoms with Crippen molar-refractivity contribution in [2.24, 2.45) is 0 Å². The van der Waals surface area contributed by atoms with Crippen LogP contribution in [0.5, 0.6) is 0 Å². The molecule has 5 rings (SSSR count). The summed E-state index contributed by atoms with van der Waals surface area (Å²) in [6.45, 7) is 2.03. The van der Waals surface area contributed by atoms with E-state index >= 15 is 0 Å². The number of aliphatic hydroxyl groups excluding tert-OH is 1. The summed E-state index contributed by atoms with van der Waals surface area (Å²) in [6.07, 6.45) is 0. The van der Waals surface area contributed by atoms with Crippen molar-refractivity contribution in [1.82, 2.24) is 9.97 Å². The number of aliphatic hydroxyl groups is 1. The molecule has 0 bridgehead atoms. The van der Waals surface area contributed by atoms with Crippen LogP contribution < -0.4 is 4.90 Å². The van der Waals surface area contributed by atoms with E-state index in [1.165, 1.54) is 0 Å². The van der Waals surface area contributed by atoms with E-state index in [0.717, 1.165) is 27.8 Å². The first kappa shape index (κ1) is 17.3. The maximum atomic E-state index is 11.3. The molecule has 4 aromatic rings. The number of amidine groups is 1. The Morgan fingerprint density at radius 2 is 1.62 bits per heavy atom. The molecule has 5 nitrogen and oxygen atoms in total. The van der Waals surface area contributed by atoms with Gasteiger partial charge in [0, 0.05) is 5.69 Å². The fourth-order valence-corrected chi connectivity index (χ4v) is 3.86. The molecule has 0 saturated carbocycles. The highest BCUT2D eigenvalue weighted by atomic mass is 16.3. The number of fused-ring (bicyclic) bond motifs is 1. The van der Waals surface area contributed by atoms with Crippen LogP contribution in [-0.2, 0) is 0 Å². The molecule has 1 aliphatic heterocycles. The molecule has 0 radical (unpaired) electrons. The van der Waals surface area contributed by atoms with E-state index in [2.05, 4.69) is 9.97 Å². The molecule has 142 valence electrons. The second-order valence-corrected chi connectivity index (χ2v) is 7.23. The Balaban J connectivity index is 1.69. The largest absolute Gasteiger partial charge is 0.509 e. The lowest BCUT2D eigenvalue weighted by Gasteiger charge is -2.27. The number of nitrogens with one attached hydrogen (secondary N) is 2. The van der Waals surface area contributed by atoms with E-state index < -0.39 is 6.04 Å². The maximum absolute atomic E-state index is 11.3. The normalized spacial score (nSPS) is 16.8. The van der Waals surface area contributed by atoms with Gasteiger partial charge in [0.1, 0.15) is 23.5 Å². The van der Waals surface area contributed by atoms with Crippen LogP contribution in [0.2, 0.25) is 0 Å². The fraction of sp³-hybridized carbons (Fsp3) is 0.0833. The van der Waals surface area contributed by atoms with E-state index in [1.54, 1.807) is 0 Å². The van der Waals surface area contributed by atoms with Gasteiger partial charge in [0.15, 0.2) is 0 Å². The van der Waals surface area contributed by atoms with Gasteiger partial charge >= 0.3 is 0 Å². The second kappa shape index (κ2) is 6.63. The zero-order valence-electron chi connectivity index (χ0n) is 15.9. The molecule has 1 aliphatic rings. The van der Waals surface area contributed by atoms with Gasteiger partial charge in [-0.15, -0.1) is 0 Å². The van der Waals surface area contributed by atoms with Crippen molar-refractivity contribution in [3.05, 3.63) is 102 Å². The van der Waals surface area contributed by atoms with Crippen LogP contribution in [-0.4, -0.2) is 20.9 Å². The topological polar surface area (TPSA) is 76.0 Å². The van der Waals surface area contributed by atoms with Crippen LogP contribution in [0.15, 0.2) is 84.6 Å². The molecule has 0 unspecified atom stereocenters. The van der Waals surface area contributed by atoms with Crippen molar-refractivity contribution in [3.63, 3.8) is 0 Å². The molecule has 0 spiro atoms. The van der Waals surface area contributed by atoms with Gasteiger partial charge in [-0.05, 0) is 36.8 Å². The first-order valence-corrected chi connectivity index (χ1v) is 9.51. The lowest BCUT2D eigenvalue weighted by Crippen LogP contribution is -2.29. The average molecular weight is 380 g/mol. The fourth-order valence-electron chi connectivity index (χ4n) is 3.86. The van der Waals surface area contributed by atoms with Gasteiger partial charge in [-0.3, -0.25) is 5.41 Å². The number of aryl methyl sites for hydroxylation is 1. The van der Waals surface area contributed by atoms with Crippen LogP contribution in [0.25, 0.3) is 16.6 Å². The molecule has 0 aliphatic carbocycles. The monoisotopic (exact) mass is 380 g/mol. The number of rotatable bonds is 3. The number of aromatic amines is 1. The second-order valence-electron chi connectivity index (χ2n) is 7.23. The minimum absolute atomic E-state index is 0.126. The molecule has 3 aromatic carbocycles. The Bertz CT molecular complexity index is 1210. The maximum Gasteiger partial charge on any atom is 0.145 e. The average Bonchev–Trinajstić information content (AvgIpc) is 3.27. The third kappa shape index (κ3) is 2.79. The summed E-state index contributed by atoms with van der Waals surface area (Å²) in [5.41, 5.74) is 5.02. The zero-order chi connectivity index (χ0) is 20.0. The van der Waals surface area contributed by atoms with Crippen LogP contribution in [0, 0.1) is 12.3 Å². The molecule has 29 heavy (non-hydrogen) atoms. The summed E-state index contributed by atoms with van der Waals surface area (Å²) < 4.78 is 0. The summed E-state index contributed by atoms with van der Waals surface area (Å²) in [6, 6.07) is 25.0. The van der Waals surface area contributed by atoms with E-state index in [9.17, 15) is 5.11 Å². The third-order valence-corrected chi connectivity index (χ3v) is 5.30. The van der Waals surface area contributed by atoms with Crippen molar-refractivity contribution in [2.45, 2.75) is 13.0 Å². The number of hydrogen-bond donors (Lipinski definition) is 3. The Labute approximate surface area is 168 Å². The van der Waals surface area contributed by atoms with Crippen LogP contribution >= 0.6 is 0 Å². The van der Waals surface area contributed by atoms with E-state index in [0.29, 0.717) is 11.4 Å². The van der Waals surface area contributed by atoms with E-state index in [4.69, 9.17) is 5.41 Å². The van der Waals surface area contributed by atoms with E-state index in [-0.39, 0.29) is 11.6 Å². The molecule has 3 N–H and O–H groups in total. The molecule has 5 heteroatoms. The predicted octanol–water partition coefficient (Wildman–Crippen LogP) is 5.38. The highest BCUT2D eigenvalue weighted by molar-refractivity contribution is 6.31. The summed E-state index contributed by atoms with van der Waals surface area (Å²) in [5.74, 6) is 0.851. The summed E-state index contributed by atoms with van der Waals surface area (Å²) in [5, 5.41) is 20.2. The predicted molar refractivity (Wildman–Crippen MR) is 116 cm³/mol. The van der Waals surface area contributed by atoms with Crippen LogP contribution in [0.4, 0.5) is 5.69 Å². The van der Waals surface area contributed by atoms with Gasteiger partial charge in [-0.1, -0.05) is 60.2 Å². The molecule has 0 fully saturated rings. The minimum Gasteiger partial charge on any atom is -0.509 e. The number of hydrogen-bond acceptors (Lipinski definition) is 3. The number of nitrogens with zero attached hydrogens (tertiary/aromatic N) is 2. The van der Waals surface area contributed by atoms with Crippen molar-refractivity contribution in [3.8, 4) is 0 Å². The quantitative estimate of drug-likeness (QED) is 0.447. The molecule has 0 amide bonds. The van der Waals surface area contributed by atoms with Gasteiger partial charge in [0.25, 0.3) is 0 Å². The molecular weight excluding hydrogens is 360 g/mol. The number of imidazole rings is 1. The Morgan fingerprint density at radius 1 is 0.931 bits per heavy atom. The van der Waals surface area contributed by atoms with Crippen molar-refractivity contribution in [2.75, 3.05) is 4.90 Å². The molecule has 1 atom stereocenters. The number of anilines is 1. The molecule has 0 saturated heterocycles. The van der Waals surface area contributed by atoms with Gasteiger partial charge in [0.2, 0.25) is 0 Å². The Kier molecular flexibility index (Phi) is 3.95. The highest BCUT2D eigenvalue weighted by Gasteiger charge is 2.40. The smallest absolute Gasteiger partial charge is 0.145 e. The molecular formula is C24H20N4O. The molecule has 1 aromatic heterocycles. The van der Waals surface area contributed by atoms with Crippen molar-refractivity contribution >= 4 is 28.1 Å². The van der Waals surface area contributed by atoms with Gasteiger partial charge < -0.3 is 15.0 Å². The van der Waals surface area contributed by atoms with Crippen LogP contribution in [0.1, 0.15) is 23.0 Å². The number of para-hydroxylation sites is 2. The summed E-state index contributed by atoms with van der Waals surface area (Å²) in [7, 11) is 0. The van der Waals surface area contributed by atoms with Crippen LogP contribution in [0.3, 0.4) is 0 Å². The molecule has 2 heterocycles. The summed E-state index contributed by atoms with van der Waals surface area (Å²) >= 11 is 0. The summed E-state index contributed by atoms with van der Waals surface area (Å²) in [4.78, 5) is 9.73. The highest BCUT2D eigenvalue weighted by Crippen LogP contribution is 2.43. The SMILES string of the molecule is Cc1ccc(N2C(=N)C(c3nc4ccccc4[nH]3)=C(O)[C@H]2c2ccccc2)cc1. The van der Waals surface area contributed by atoms with E-state index in [1.807, 2.05) is 90.7 Å². The van der Waals surface area contributed by atoms with Crippen molar-refractivity contribution in [1.29, 1.82) is 5.41 Å². The lowest BCUT2D eigenvalue weighted by atomic mass is 10.0. The van der Waals surface area contributed by atoms with Gasteiger partial charge in [-0.2, -0.15) is 0 Å². The number of benzene rings is 3. The van der Waals surface area contributed by atoms with Gasteiger partial charge in [0.05, 0.1) is 16.6 Å². The number of H-pyrrole nitrogens is 1. The first-order chi connectivity index (χ1) is 14.1. The number of aromatic nitrogens is 2. The lowest BCUT2D eigenvalue weighted by molar-refractivity contribution is 0.379. The zero-order valence-corrected chi connectivity index (χ0v) is 15.9. The Morgan fingerprint density at radius 3 is 2.34 bits per heavy atom. The Hall–Kier alpha value is -3.86. The minimum atomic E-state index is -0.477. The van der Waals surface area contributed by atoms with Crippen molar-refractivity contribution < 1.29 is 5.11 Å². The standard InChI is InChI=1S/C24H20N4O/c1-15-11-13-17(14-12-15)28-21(16-7-3-2-4-8-16)22(29)20(23(28)25)24-26-18-9-5-6-10-19(18)27-24/h2-14,21,25,29H,1H3,(H,26,27)/t21-/m1/s1. The van der Waals surface area contributed by atoms with Gasteiger partial charge in [-0.25, -0.2) is 4.98 Å².